The van der Waals surface area contributed by atoms with Crippen molar-refractivity contribution in [3.63, 3.8) is 0 Å². The zero-order chi connectivity index (χ0) is 30.1. The summed E-state index contributed by atoms with van der Waals surface area (Å²) in [6.07, 6.45) is 4.71. The Morgan fingerprint density at radius 3 is 2.50 bits per heavy atom. The van der Waals surface area contributed by atoms with Crippen molar-refractivity contribution in [2.45, 2.75) is 29.6 Å². The van der Waals surface area contributed by atoms with Crippen molar-refractivity contribution < 1.29 is 19.4 Å². The number of carboxylic acids is 1. The second-order valence-electron chi connectivity index (χ2n) is 9.89. The van der Waals surface area contributed by atoms with Gasteiger partial charge in [0.05, 0.1) is 27.5 Å². The van der Waals surface area contributed by atoms with Gasteiger partial charge in [0.25, 0.3) is 0 Å². The highest BCUT2D eigenvalue weighted by Gasteiger charge is 2.22. The first-order valence-electron chi connectivity index (χ1n) is 13.5. The summed E-state index contributed by atoms with van der Waals surface area (Å²) in [5, 5.41) is 10.5. The van der Waals surface area contributed by atoms with Gasteiger partial charge in [-0.3, -0.25) is 9.59 Å². The number of hydrogen-bond acceptors (Lipinski definition) is 6. The Morgan fingerprint density at radius 1 is 1.00 bits per heavy atom. The van der Waals surface area contributed by atoms with Crippen LogP contribution < -0.4 is 4.74 Å². The van der Waals surface area contributed by atoms with Gasteiger partial charge in [0.2, 0.25) is 5.91 Å². The Labute approximate surface area is 260 Å². The van der Waals surface area contributed by atoms with Gasteiger partial charge in [-0.05, 0) is 73.0 Å². The van der Waals surface area contributed by atoms with Gasteiger partial charge in [0.15, 0.2) is 0 Å². The summed E-state index contributed by atoms with van der Waals surface area (Å²) in [4.78, 5) is 29.8. The number of thioether (sulfide) groups is 2. The fourth-order valence-corrected chi connectivity index (χ4v) is 7.41. The molecule has 0 bridgehead atoms. The summed E-state index contributed by atoms with van der Waals surface area (Å²) in [7, 11) is 3.49. The smallest absolute Gasteiger partial charge is 0.304 e. The quantitative estimate of drug-likeness (QED) is 0.151. The van der Waals surface area contributed by atoms with Gasteiger partial charge in [-0.1, -0.05) is 54.1 Å². The Bertz CT molecular complexity index is 1580. The number of carboxylic acid groups (broad SMARTS) is 1. The van der Waals surface area contributed by atoms with E-state index in [-0.39, 0.29) is 22.2 Å². The Morgan fingerprint density at radius 2 is 1.74 bits per heavy atom. The van der Waals surface area contributed by atoms with Gasteiger partial charge < -0.3 is 14.7 Å². The number of pyridine rings is 1. The number of aromatic nitrogens is 1. The molecule has 1 N–H and O–H groups in total. The lowest BCUT2D eigenvalue weighted by Gasteiger charge is -2.22. The molecule has 9 heteroatoms. The van der Waals surface area contributed by atoms with Gasteiger partial charge in [-0.2, -0.15) is 0 Å². The maximum Gasteiger partial charge on any atom is 0.304 e. The number of nitrogens with zero attached hydrogens (tertiary/aromatic N) is 2. The molecule has 2 unspecified atom stereocenters. The molecule has 1 aromatic heterocycles. The van der Waals surface area contributed by atoms with E-state index in [1.165, 1.54) is 0 Å². The van der Waals surface area contributed by atoms with E-state index >= 15 is 0 Å². The molecule has 42 heavy (non-hydrogen) atoms. The number of amides is 1. The minimum absolute atomic E-state index is 0.0201. The summed E-state index contributed by atoms with van der Waals surface area (Å²) >= 11 is 9.26. The third-order valence-corrected chi connectivity index (χ3v) is 9.32. The molecule has 0 aliphatic rings. The third kappa shape index (κ3) is 9.54. The van der Waals surface area contributed by atoms with Crippen molar-refractivity contribution in [1.29, 1.82) is 0 Å². The monoisotopic (exact) mass is 620 g/mol. The molecule has 4 rings (SSSR count). The highest BCUT2D eigenvalue weighted by Crippen LogP contribution is 2.33. The second kappa shape index (κ2) is 15.1. The Kier molecular flexibility index (Phi) is 11.3. The number of fused-ring (bicyclic) bond motifs is 1. The van der Waals surface area contributed by atoms with Crippen LogP contribution in [-0.4, -0.2) is 56.5 Å². The van der Waals surface area contributed by atoms with E-state index in [0.717, 1.165) is 27.7 Å². The molecule has 0 saturated heterocycles. The first kappa shape index (κ1) is 31.5. The molecule has 0 aliphatic heterocycles. The molecular formula is C33H33ClN2O4S2. The van der Waals surface area contributed by atoms with Gasteiger partial charge in [0.1, 0.15) is 11.5 Å². The molecule has 0 spiro atoms. The number of ether oxygens (including phenoxy) is 1. The SMILES string of the molecule is CC(SC(Cc1cccc(Oc2cccc(C=Cc3ccc4ccc(Cl)cc4n3)c2)c1)SCCC(=O)O)C(=O)N(C)C. The predicted octanol–water partition coefficient (Wildman–Crippen LogP) is 8.14. The molecule has 0 radical (unpaired) electrons. The van der Waals surface area contributed by atoms with Crippen LogP contribution in [0.2, 0.25) is 5.02 Å². The van der Waals surface area contributed by atoms with Gasteiger partial charge in [-0.15, -0.1) is 23.5 Å². The maximum atomic E-state index is 12.5. The standard InChI is InChI=1S/C33H33ClN2O4S2/c1-22(33(39)36(2)3)42-32(41-17-16-31(37)38)20-24-7-5-9-29(19-24)40-28-8-4-6-23(18-28)10-14-27-15-12-25-11-13-26(34)21-30(25)35-27/h4-15,18-19,21-22,32H,16-17,20H2,1-3H3,(H,37,38). The molecule has 1 amide bonds. The van der Waals surface area contributed by atoms with Crippen LogP contribution in [0.25, 0.3) is 23.1 Å². The second-order valence-corrected chi connectivity index (χ2v) is 13.5. The van der Waals surface area contributed by atoms with Gasteiger partial charge >= 0.3 is 5.97 Å². The summed E-state index contributed by atoms with van der Waals surface area (Å²) in [5.41, 5.74) is 3.71. The number of rotatable bonds is 13. The number of hydrogen-bond donors (Lipinski definition) is 1. The molecule has 4 aromatic rings. The zero-order valence-electron chi connectivity index (χ0n) is 23.7. The summed E-state index contributed by atoms with van der Waals surface area (Å²) in [5.74, 6) is 1.11. The van der Waals surface area contributed by atoms with Crippen molar-refractivity contribution in [3.05, 3.63) is 101 Å². The van der Waals surface area contributed by atoms with Crippen molar-refractivity contribution >= 4 is 70.1 Å². The van der Waals surface area contributed by atoms with Crippen LogP contribution in [0.15, 0.2) is 78.9 Å². The first-order valence-corrected chi connectivity index (χ1v) is 15.8. The maximum absolute atomic E-state index is 12.5. The van der Waals surface area contributed by atoms with Crippen molar-refractivity contribution in [2.75, 3.05) is 19.8 Å². The fourth-order valence-electron chi connectivity index (χ4n) is 4.20. The normalized spacial score (nSPS) is 12.8. The molecule has 218 valence electrons. The lowest BCUT2D eigenvalue weighted by atomic mass is 10.1. The zero-order valence-corrected chi connectivity index (χ0v) is 26.1. The van der Waals surface area contributed by atoms with E-state index in [1.807, 2.05) is 97.9 Å². The molecule has 1 heterocycles. The lowest BCUT2D eigenvalue weighted by Crippen LogP contribution is -2.31. The largest absolute Gasteiger partial charge is 0.481 e. The Hall–Kier alpha value is -3.46. The van der Waals surface area contributed by atoms with Crippen LogP contribution in [0.5, 0.6) is 11.5 Å². The number of carbonyl (C=O) groups excluding carboxylic acids is 1. The average Bonchev–Trinajstić information content (AvgIpc) is 2.95. The van der Waals surface area contributed by atoms with E-state index in [1.54, 1.807) is 42.5 Å². The number of benzene rings is 3. The highest BCUT2D eigenvalue weighted by molar-refractivity contribution is 8.17. The molecule has 0 aliphatic carbocycles. The van der Waals surface area contributed by atoms with Crippen LogP contribution in [0.3, 0.4) is 0 Å². The van der Waals surface area contributed by atoms with Crippen LogP contribution in [0.1, 0.15) is 30.2 Å². The van der Waals surface area contributed by atoms with Crippen molar-refractivity contribution in [2.24, 2.45) is 0 Å². The summed E-state index contributed by atoms with van der Waals surface area (Å²) in [6.45, 7) is 1.89. The highest BCUT2D eigenvalue weighted by atomic mass is 35.5. The van der Waals surface area contributed by atoms with E-state index in [4.69, 9.17) is 21.4 Å². The fraction of sp³-hybridized carbons (Fsp3) is 0.242. The van der Waals surface area contributed by atoms with Gasteiger partial charge in [0, 0.05) is 30.3 Å². The van der Waals surface area contributed by atoms with Crippen LogP contribution in [0.4, 0.5) is 0 Å². The summed E-state index contributed by atoms with van der Waals surface area (Å²) in [6, 6.07) is 25.4. The Balaban J connectivity index is 1.44. The number of halogens is 1. The molecule has 2 atom stereocenters. The van der Waals surface area contributed by atoms with E-state index < -0.39 is 5.97 Å². The molecule has 0 saturated carbocycles. The molecular weight excluding hydrogens is 588 g/mol. The van der Waals surface area contributed by atoms with Gasteiger partial charge in [-0.25, -0.2) is 4.98 Å². The lowest BCUT2D eigenvalue weighted by molar-refractivity contribution is -0.136. The molecule has 3 aromatic carbocycles. The van der Waals surface area contributed by atoms with Crippen molar-refractivity contribution in [1.82, 2.24) is 9.88 Å². The number of carbonyl (C=O) groups is 2. The third-order valence-electron chi connectivity index (χ3n) is 6.28. The average molecular weight is 621 g/mol. The van der Waals surface area contributed by atoms with Crippen LogP contribution in [0, 0.1) is 0 Å². The summed E-state index contributed by atoms with van der Waals surface area (Å²) < 4.78 is 6.23. The minimum Gasteiger partial charge on any atom is -0.481 e. The minimum atomic E-state index is -0.824. The molecule has 6 nitrogen and oxygen atoms in total. The van der Waals surface area contributed by atoms with E-state index in [0.29, 0.717) is 28.7 Å². The van der Waals surface area contributed by atoms with E-state index in [9.17, 15) is 9.59 Å². The van der Waals surface area contributed by atoms with Crippen LogP contribution in [-0.2, 0) is 16.0 Å². The first-order chi connectivity index (χ1) is 20.2. The van der Waals surface area contributed by atoms with E-state index in [2.05, 4.69) is 4.98 Å². The predicted molar refractivity (Wildman–Crippen MR) is 177 cm³/mol. The topological polar surface area (TPSA) is 79.7 Å². The van der Waals surface area contributed by atoms with Crippen LogP contribution >= 0.6 is 35.1 Å². The number of aliphatic carboxylic acids is 1. The van der Waals surface area contributed by atoms with Crippen molar-refractivity contribution in [3.8, 4) is 11.5 Å². The molecule has 0 fully saturated rings.